The number of nitrogens with zero attached hydrogens (tertiary/aromatic N) is 1. The minimum Gasteiger partial charge on any atom is -0.487 e. The summed E-state index contributed by atoms with van der Waals surface area (Å²) in [5.74, 6) is 0.616. The third-order valence-electron chi connectivity index (χ3n) is 2.30. The number of aromatic amines is 1. The van der Waals surface area contributed by atoms with E-state index >= 15 is 0 Å². The van der Waals surface area contributed by atoms with Crippen molar-refractivity contribution < 1.29 is 14.6 Å². The molecule has 0 unspecified atom stereocenters. The first-order chi connectivity index (χ1) is 8.74. The van der Waals surface area contributed by atoms with Crippen LogP contribution in [0.25, 0.3) is 0 Å². The molecule has 6 nitrogen and oxygen atoms in total. The van der Waals surface area contributed by atoms with Crippen LogP contribution in [0.3, 0.4) is 0 Å². The molecule has 0 spiro atoms. The number of ether oxygens (including phenoxy) is 2. The Labute approximate surface area is 103 Å². The highest BCUT2D eigenvalue weighted by Crippen LogP contribution is 2.25. The fourth-order valence-electron chi connectivity index (χ4n) is 1.40. The number of H-pyrrole nitrogens is 1. The molecular formula is C12H12N2O4. The van der Waals surface area contributed by atoms with Crippen LogP contribution in [0.5, 0.6) is 17.4 Å². The molecule has 0 aliphatic heterocycles. The molecule has 0 amide bonds. The first kappa shape index (κ1) is 12.1. The van der Waals surface area contributed by atoms with E-state index in [4.69, 9.17) is 14.6 Å². The van der Waals surface area contributed by atoms with Crippen LogP contribution in [-0.4, -0.2) is 22.2 Å². The van der Waals surface area contributed by atoms with Gasteiger partial charge >= 0.3 is 0 Å². The van der Waals surface area contributed by atoms with Crippen LogP contribution in [0, 0.1) is 0 Å². The van der Waals surface area contributed by atoms with E-state index < -0.39 is 5.56 Å². The Morgan fingerprint density at radius 3 is 2.67 bits per heavy atom. The molecule has 0 saturated carbocycles. The van der Waals surface area contributed by atoms with Crippen LogP contribution in [0.4, 0.5) is 0 Å². The van der Waals surface area contributed by atoms with E-state index in [-0.39, 0.29) is 18.2 Å². The van der Waals surface area contributed by atoms with Gasteiger partial charge in [-0.2, -0.15) is 0 Å². The standard InChI is InChI=1S/C12H12N2O4/c1-17-10-11(16)13-7-14-12(10)18-9-4-2-8(6-15)3-5-9/h2-5,7,15H,6H2,1H3,(H,13,14,16). The molecular weight excluding hydrogens is 236 g/mol. The second kappa shape index (κ2) is 5.33. The lowest BCUT2D eigenvalue weighted by atomic mass is 10.2. The van der Waals surface area contributed by atoms with Crippen LogP contribution in [0.1, 0.15) is 5.56 Å². The summed E-state index contributed by atoms with van der Waals surface area (Å²) in [6.07, 6.45) is 1.24. The van der Waals surface area contributed by atoms with Crippen molar-refractivity contribution in [1.29, 1.82) is 0 Å². The van der Waals surface area contributed by atoms with Crippen molar-refractivity contribution in [2.24, 2.45) is 0 Å². The van der Waals surface area contributed by atoms with Crippen LogP contribution in [0.2, 0.25) is 0 Å². The monoisotopic (exact) mass is 248 g/mol. The van der Waals surface area contributed by atoms with Gasteiger partial charge in [0.2, 0.25) is 5.75 Å². The average Bonchev–Trinajstić information content (AvgIpc) is 2.40. The van der Waals surface area contributed by atoms with E-state index in [1.807, 2.05) is 0 Å². The number of aromatic nitrogens is 2. The average molecular weight is 248 g/mol. The van der Waals surface area contributed by atoms with Crippen LogP contribution < -0.4 is 15.0 Å². The number of hydrogen-bond donors (Lipinski definition) is 2. The van der Waals surface area contributed by atoms with Crippen molar-refractivity contribution >= 4 is 0 Å². The molecule has 94 valence electrons. The number of aliphatic hydroxyl groups is 1. The molecule has 6 heteroatoms. The van der Waals surface area contributed by atoms with Crippen molar-refractivity contribution in [3.8, 4) is 17.4 Å². The van der Waals surface area contributed by atoms with Crippen molar-refractivity contribution in [2.45, 2.75) is 6.61 Å². The summed E-state index contributed by atoms with van der Waals surface area (Å²) in [5.41, 5.74) is 0.364. The minimum absolute atomic E-state index is 0.0173. The van der Waals surface area contributed by atoms with Gasteiger partial charge in [0.25, 0.3) is 11.4 Å². The Balaban J connectivity index is 2.28. The zero-order valence-corrected chi connectivity index (χ0v) is 9.71. The van der Waals surface area contributed by atoms with Crippen molar-refractivity contribution in [3.05, 3.63) is 46.5 Å². The van der Waals surface area contributed by atoms with E-state index in [9.17, 15) is 4.79 Å². The Hall–Kier alpha value is -2.34. The first-order valence-electron chi connectivity index (χ1n) is 5.24. The summed E-state index contributed by atoms with van der Waals surface area (Å²) in [7, 11) is 1.37. The Bertz CT molecular complexity index is 577. The molecule has 0 bridgehead atoms. The third-order valence-corrected chi connectivity index (χ3v) is 2.30. The van der Waals surface area contributed by atoms with Crippen LogP contribution in [0.15, 0.2) is 35.4 Å². The maximum Gasteiger partial charge on any atom is 0.297 e. The molecule has 0 atom stereocenters. The van der Waals surface area contributed by atoms with Gasteiger partial charge in [-0.05, 0) is 17.7 Å². The van der Waals surface area contributed by atoms with Gasteiger partial charge in [0, 0.05) is 0 Å². The Kier molecular flexibility index (Phi) is 3.59. The Morgan fingerprint density at radius 1 is 1.33 bits per heavy atom. The highest BCUT2D eigenvalue weighted by molar-refractivity contribution is 5.36. The zero-order chi connectivity index (χ0) is 13.0. The number of aliphatic hydroxyl groups excluding tert-OH is 1. The number of hydrogen-bond acceptors (Lipinski definition) is 5. The quantitative estimate of drug-likeness (QED) is 0.845. The van der Waals surface area contributed by atoms with Gasteiger partial charge in [-0.3, -0.25) is 4.79 Å². The van der Waals surface area contributed by atoms with E-state index in [0.29, 0.717) is 5.75 Å². The molecule has 2 N–H and O–H groups in total. The van der Waals surface area contributed by atoms with Gasteiger partial charge in [0.1, 0.15) is 5.75 Å². The van der Waals surface area contributed by atoms with Crippen molar-refractivity contribution in [2.75, 3.05) is 7.11 Å². The topological polar surface area (TPSA) is 84.4 Å². The Morgan fingerprint density at radius 2 is 2.06 bits per heavy atom. The molecule has 0 aliphatic rings. The SMILES string of the molecule is COc1c(Oc2ccc(CO)cc2)nc[nH]c1=O. The summed E-state index contributed by atoms with van der Waals surface area (Å²) in [5, 5.41) is 8.92. The summed E-state index contributed by atoms with van der Waals surface area (Å²) in [4.78, 5) is 17.7. The van der Waals surface area contributed by atoms with Gasteiger partial charge in [0.15, 0.2) is 0 Å². The maximum atomic E-state index is 11.4. The van der Waals surface area contributed by atoms with Crippen LogP contribution >= 0.6 is 0 Å². The molecule has 2 rings (SSSR count). The summed E-state index contributed by atoms with van der Waals surface area (Å²) in [6.45, 7) is -0.0349. The molecule has 0 fully saturated rings. The summed E-state index contributed by atoms with van der Waals surface area (Å²) in [6, 6.07) is 6.78. The van der Waals surface area contributed by atoms with Crippen molar-refractivity contribution in [3.63, 3.8) is 0 Å². The number of rotatable bonds is 4. The number of nitrogens with one attached hydrogen (secondary N) is 1. The van der Waals surface area contributed by atoms with Crippen molar-refractivity contribution in [1.82, 2.24) is 9.97 Å². The molecule has 1 aromatic heterocycles. The van der Waals surface area contributed by atoms with E-state index in [1.54, 1.807) is 24.3 Å². The van der Waals surface area contributed by atoms with E-state index in [1.165, 1.54) is 13.4 Å². The fraction of sp³-hybridized carbons (Fsp3) is 0.167. The molecule has 18 heavy (non-hydrogen) atoms. The highest BCUT2D eigenvalue weighted by Gasteiger charge is 2.11. The lowest BCUT2D eigenvalue weighted by molar-refractivity contribution is 0.281. The largest absolute Gasteiger partial charge is 0.487 e. The summed E-state index contributed by atoms with van der Waals surface area (Å²) >= 11 is 0. The first-order valence-corrected chi connectivity index (χ1v) is 5.24. The second-order valence-electron chi connectivity index (χ2n) is 3.47. The molecule has 2 aromatic rings. The van der Waals surface area contributed by atoms with Gasteiger partial charge in [-0.15, -0.1) is 0 Å². The highest BCUT2D eigenvalue weighted by atomic mass is 16.5. The molecule has 1 heterocycles. The van der Waals surface area contributed by atoms with Gasteiger partial charge in [-0.1, -0.05) is 12.1 Å². The van der Waals surface area contributed by atoms with Gasteiger partial charge in [0.05, 0.1) is 20.0 Å². The fourth-order valence-corrected chi connectivity index (χ4v) is 1.40. The summed E-state index contributed by atoms with van der Waals surface area (Å²) < 4.78 is 10.4. The third kappa shape index (κ3) is 2.49. The number of methoxy groups -OCH3 is 1. The van der Waals surface area contributed by atoms with Gasteiger partial charge in [-0.25, -0.2) is 4.98 Å². The predicted molar refractivity (Wildman–Crippen MR) is 63.8 cm³/mol. The molecule has 0 radical (unpaired) electrons. The van der Waals surface area contributed by atoms with Crippen LogP contribution in [-0.2, 0) is 6.61 Å². The number of benzene rings is 1. The zero-order valence-electron chi connectivity index (χ0n) is 9.71. The lowest BCUT2D eigenvalue weighted by Crippen LogP contribution is -2.10. The predicted octanol–water partition coefficient (Wildman–Crippen LogP) is 1.06. The molecule has 0 aliphatic carbocycles. The lowest BCUT2D eigenvalue weighted by Gasteiger charge is -2.07. The van der Waals surface area contributed by atoms with E-state index in [0.717, 1.165) is 5.56 Å². The van der Waals surface area contributed by atoms with E-state index in [2.05, 4.69) is 9.97 Å². The minimum atomic E-state index is -0.408. The second-order valence-corrected chi connectivity index (χ2v) is 3.47. The van der Waals surface area contributed by atoms with Gasteiger partial charge < -0.3 is 19.6 Å². The molecule has 0 saturated heterocycles. The smallest absolute Gasteiger partial charge is 0.297 e. The normalized spacial score (nSPS) is 10.1. The maximum absolute atomic E-state index is 11.4. The molecule has 1 aromatic carbocycles.